The standard InChI is InChI=1S/C12H13ClN2O4S/c13-7-1-4-11(14-6-7)20(17,18)15-12(16)9-5-8-2-3-10(9)19-8/h1,4,6,8-10H,2-3,5H2,(H,15,16)/t8-,9+,10-/m1/s1. The summed E-state index contributed by atoms with van der Waals surface area (Å²) in [5.74, 6) is -0.912. The largest absolute Gasteiger partial charge is 0.374 e. The molecular weight excluding hydrogens is 304 g/mol. The van der Waals surface area contributed by atoms with Crippen LogP contribution in [0, 0.1) is 5.92 Å². The van der Waals surface area contributed by atoms with Crippen molar-refractivity contribution >= 4 is 27.5 Å². The minimum absolute atomic E-state index is 0.0899. The van der Waals surface area contributed by atoms with E-state index in [0.717, 1.165) is 12.8 Å². The van der Waals surface area contributed by atoms with Crippen LogP contribution in [0.4, 0.5) is 0 Å². The molecule has 8 heteroatoms. The number of hydrogen-bond donors (Lipinski definition) is 1. The van der Waals surface area contributed by atoms with Gasteiger partial charge in [0.1, 0.15) is 0 Å². The monoisotopic (exact) mass is 316 g/mol. The number of carbonyl (C=O) groups excluding carboxylic acids is 1. The third kappa shape index (κ3) is 2.53. The Morgan fingerprint density at radius 2 is 2.20 bits per heavy atom. The maximum atomic E-state index is 12.1. The zero-order chi connectivity index (χ0) is 14.3. The Bertz CT molecular complexity index is 631. The number of nitrogens with zero attached hydrogens (tertiary/aromatic N) is 1. The van der Waals surface area contributed by atoms with Gasteiger partial charge in [-0.2, -0.15) is 8.42 Å². The second kappa shape index (κ2) is 4.98. The van der Waals surface area contributed by atoms with E-state index < -0.39 is 21.8 Å². The molecule has 1 aromatic heterocycles. The maximum Gasteiger partial charge on any atom is 0.281 e. The summed E-state index contributed by atoms with van der Waals surface area (Å²) in [6.45, 7) is 0. The first kappa shape index (κ1) is 13.8. The normalized spacial score (nSPS) is 28.6. The summed E-state index contributed by atoms with van der Waals surface area (Å²) in [5, 5.41) is 0.108. The van der Waals surface area contributed by atoms with Crippen molar-refractivity contribution in [2.24, 2.45) is 5.92 Å². The number of halogens is 1. The van der Waals surface area contributed by atoms with Crippen molar-refractivity contribution in [1.82, 2.24) is 9.71 Å². The molecule has 6 nitrogen and oxygen atoms in total. The zero-order valence-electron chi connectivity index (χ0n) is 10.5. The van der Waals surface area contributed by atoms with Crippen molar-refractivity contribution in [3.63, 3.8) is 0 Å². The van der Waals surface area contributed by atoms with Crippen LogP contribution in [-0.2, 0) is 19.6 Å². The minimum atomic E-state index is -3.96. The molecule has 1 amide bonds. The molecule has 2 bridgehead atoms. The second-order valence-electron chi connectivity index (χ2n) is 5.00. The van der Waals surface area contributed by atoms with E-state index in [1.165, 1.54) is 18.3 Å². The van der Waals surface area contributed by atoms with E-state index in [1.807, 2.05) is 0 Å². The Morgan fingerprint density at radius 3 is 2.75 bits per heavy atom. The number of hydrogen-bond acceptors (Lipinski definition) is 5. The van der Waals surface area contributed by atoms with Gasteiger partial charge in [0.05, 0.1) is 23.1 Å². The number of rotatable bonds is 3. The van der Waals surface area contributed by atoms with E-state index in [2.05, 4.69) is 9.71 Å². The highest BCUT2D eigenvalue weighted by molar-refractivity contribution is 7.90. The number of sulfonamides is 1. The van der Waals surface area contributed by atoms with Crippen LogP contribution in [0.25, 0.3) is 0 Å². The molecule has 108 valence electrons. The SMILES string of the molecule is O=C(NS(=O)(=O)c1ccc(Cl)cn1)[C@H]1C[C@H]2CC[C@H]1O2. The smallest absolute Gasteiger partial charge is 0.281 e. The van der Waals surface area contributed by atoms with Crippen LogP contribution in [0.1, 0.15) is 19.3 Å². The molecule has 0 unspecified atom stereocenters. The first-order valence-electron chi connectivity index (χ1n) is 6.29. The average molecular weight is 317 g/mol. The van der Waals surface area contributed by atoms with Gasteiger partial charge in [-0.25, -0.2) is 9.71 Å². The summed E-state index contributed by atoms with van der Waals surface area (Å²) >= 11 is 5.65. The van der Waals surface area contributed by atoms with Gasteiger partial charge in [-0.15, -0.1) is 0 Å². The molecule has 0 spiro atoms. The molecule has 2 fully saturated rings. The number of pyridine rings is 1. The molecule has 1 aromatic rings. The van der Waals surface area contributed by atoms with Gasteiger partial charge in [0.2, 0.25) is 5.91 Å². The fourth-order valence-electron chi connectivity index (χ4n) is 2.70. The number of carbonyl (C=O) groups is 1. The number of aromatic nitrogens is 1. The predicted molar refractivity (Wildman–Crippen MR) is 70.6 cm³/mol. The summed E-state index contributed by atoms with van der Waals surface area (Å²) in [6, 6.07) is 2.67. The lowest BCUT2D eigenvalue weighted by Gasteiger charge is -2.17. The van der Waals surface area contributed by atoms with E-state index in [-0.39, 0.29) is 17.2 Å². The van der Waals surface area contributed by atoms with E-state index >= 15 is 0 Å². The Kier molecular flexibility index (Phi) is 3.43. The van der Waals surface area contributed by atoms with Crippen LogP contribution in [0.15, 0.2) is 23.4 Å². The molecule has 2 saturated heterocycles. The van der Waals surface area contributed by atoms with Crippen LogP contribution in [0.5, 0.6) is 0 Å². The number of fused-ring (bicyclic) bond motifs is 2. The highest BCUT2D eigenvalue weighted by Crippen LogP contribution is 2.38. The molecule has 0 aliphatic carbocycles. The summed E-state index contributed by atoms with van der Waals surface area (Å²) in [4.78, 5) is 15.8. The first-order valence-corrected chi connectivity index (χ1v) is 8.15. The van der Waals surface area contributed by atoms with Crippen LogP contribution < -0.4 is 4.72 Å². The van der Waals surface area contributed by atoms with Crippen molar-refractivity contribution in [3.05, 3.63) is 23.4 Å². The van der Waals surface area contributed by atoms with E-state index in [0.29, 0.717) is 11.4 Å². The Balaban J connectivity index is 1.73. The van der Waals surface area contributed by atoms with Gasteiger partial charge in [0, 0.05) is 6.20 Å². The van der Waals surface area contributed by atoms with Gasteiger partial charge < -0.3 is 4.74 Å². The zero-order valence-corrected chi connectivity index (χ0v) is 12.0. The van der Waals surface area contributed by atoms with Gasteiger partial charge in [-0.1, -0.05) is 11.6 Å². The lowest BCUT2D eigenvalue weighted by molar-refractivity contribution is -0.124. The highest BCUT2D eigenvalue weighted by atomic mass is 35.5. The van der Waals surface area contributed by atoms with Crippen LogP contribution in [0.3, 0.4) is 0 Å². The molecule has 0 radical (unpaired) electrons. The molecule has 0 aromatic carbocycles. The van der Waals surface area contributed by atoms with Gasteiger partial charge in [-0.3, -0.25) is 4.79 Å². The summed E-state index contributed by atoms with van der Waals surface area (Å²) < 4.78 is 31.7. The van der Waals surface area contributed by atoms with E-state index in [9.17, 15) is 13.2 Å². The van der Waals surface area contributed by atoms with Gasteiger partial charge >= 0.3 is 0 Å². The van der Waals surface area contributed by atoms with Crippen molar-refractivity contribution in [2.45, 2.75) is 36.5 Å². The van der Waals surface area contributed by atoms with Gasteiger partial charge in [-0.05, 0) is 31.4 Å². The predicted octanol–water partition coefficient (Wildman–Crippen LogP) is 1.11. The van der Waals surface area contributed by atoms with Crippen molar-refractivity contribution in [3.8, 4) is 0 Å². The second-order valence-corrected chi connectivity index (χ2v) is 7.07. The third-order valence-electron chi connectivity index (χ3n) is 3.65. The molecule has 3 atom stereocenters. The molecule has 2 aliphatic rings. The van der Waals surface area contributed by atoms with Crippen molar-refractivity contribution in [2.75, 3.05) is 0 Å². The molecular formula is C12H13ClN2O4S. The topological polar surface area (TPSA) is 85.4 Å². The molecule has 1 N–H and O–H groups in total. The summed E-state index contributed by atoms with van der Waals surface area (Å²) in [6.07, 6.45) is 3.49. The number of nitrogens with one attached hydrogen (secondary N) is 1. The molecule has 3 rings (SSSR count). The third-order valence-corrected chi connectivity index (χ3v) is 5.14. The minimum Gasteiger partial charge on any atom is -0.374 e. The van der Waals surface area contributed by atoms with Crippen LogP contribution >= 0.6 is 11.6 Å². The molecule has 20 heavy (non-hydrogen) atoms. The van der Waals surface area contributed by atoms with Gasteiger partial charge in [0.25, 0.3) is 10.0 Å². The van der Waals surface area contributed by atoms with Gasteiger partial charge in [0.15, 0.2) is 5.03 Å². The Morgan fingerprint density at radius 1 is 1.40 bits per heavy atom. The van der Waals surface area contributed by atoms with Crippen molar-refractivity contribution in [1.29, 1.82) is 0 Å². The van der Waals surface area contributed by atoms with Crippen LogP contribution in [0.2, 0.25) is 5.02 Å². The Labute approximate surface area is 121 Å². The number of ether oxygens (including phenoxy) is 1. The first-order chi connectivity index (χ1) is 9.45. The quantitative estimate of drug-likeness (QED) is 0.902. The average Bonchev–Trinajstić information content (AvgIpc) is 3.01. The summed E-state index contributed by atoms with van der Waals surface area (Å²) in [7, 11) is -3.96. The molecule has 0 saturated carbocycles. The lowest BCUT2D eigenvalue weighted by atomic mass is 9.89. The summed E-state index contributed by atoms with van der Waals surface area (Å²) in [5.41, 5.74) is 0. The van der Waals surface area contributed by atoms with E-state index in [4.69, 9.17) is 16.3 Å². The maximum absolute atomic E-state index is 12.1. The highest BCUT2D eigenvalue weighted by Gasteiger charge is 2.45. The Hall–Kier alpha value is -1.18. The van der Waals surface area contributed by atoms with Crippen LogP contribution in [-0.4, -0.2) is 31.5 Å². The number of amides is 1. The molecule has 2 aliphatic heterocycles. The lowest BCUT2D eigenvalue weighted by Crippen LogP contribution is -2.39. The van der Waals surface area contributed by atoms with E-state index in [1.54, 1.807) is 0 Å². The fraction of sp³-hybridized carbons (Fsp3) is 0.500. The molecule has 3 heterocycles. The fourth-order valence-corrected chi connectivity index (χ4v) is 3.77. The van der Waals surface area contributed by atoms with Crippen molar-refractivity contribution < 1.29 is 17.9 Å².